The number of aromatic hydroxyl groups is 1. The maximum absolute atomic E-state index is 9.38. The third-order valence-corrected chi connectivity index (χ3v) is 4.03. The van der Waals surface area contributed by atoms with Crippen LogP contribution in [0.25, 0.3) is 0 Å². The molecule has 0 spiro atoms. The number of rotatable bonds is 2. The van der Waals surface area contributed by atoms with Crippen molar-refractivity contribution >= 4 is 17.3 Å². The first-order valence-electron chi connectivity index (χ1n) is 6.31. The fourth-order valence-corrected chi connectivity index (χ4v) is 2.87. The molecule has 0 bridgehead atoms. The molecule has 0 radical (unpaired) electrons. The fourth-order valence-electron chi connectivity index (χ4n) is 2.69. The van der Waals surface area contributed by atoms with Crippen LogP contribution >= 0.6 is 11.6 Å². The summed E-state index contributed by atoms with van der Waals surface area (Å²) in [6, 6.07) is 5.83. The first-order chi connectivity index (χ1) is 8.06. The van der Waals surface area contributed by atoms with Crippen LogP contribution in [-0.4, -0.2) is 11.1 Å². The molecule has 1 fully saturated rings. The van der Waals surface area contributed by atoms with E-state index in [1.165, 1.54) is 19.3 Å². The van der Waals surface area contributed by atoms with E-state index in [2.05, 4.69) is 19.2 Å². The van der Waals surface area contributed by atoms with Crippen LogP contribution in [0.15, 0.2) is 18.2 Å². The largest absolute Gasteiger partial charge is 0.506 e. The van der Waals surface area contributed by atoms with E-state index in [4.69, 9.17) is 11.6 Å². The first kappa shape index (κ1) is 12.6. The third kappa shape index (κ3) is 3.06. The average molecular weight is 254 g/mol. The van der Waals surface area contributed by atoms with Gasteiger partial charge in [-0.15, -0.1) is 0 Å². The highest BCUT2D eigenvalue weighted by atomic mass is 35.5. The van der Waals surface area contributed by atoms with Crippen LogP contribution in [0.5, 0.6) is 5.75 Å². The Balaban J connectivity index is 2.02. The van der Waals surface area contributed by atoms with Crippen molar-refractivity contribution in [2.75, 3.05) is 5.32 Å². The second kappa shape index (κ2) is 5.18. The van der Waals surface area contributed by atoms with Crippen LogP contribution in [0.4, 0.5) is 5.69 Å². The van der Waals surface area contributed by atoms with E-state index in [-0.39, 0.29) is 5.75 Å². The topological polar surface area (TPSA) is 32.3 Å². The van der Waals surface area contributed by atoms with Gasteiger partial charge in [-0.05, 0) is 49.3 Å². The van der Waals surface area contributed by atoms with Crippen LogP contribution in [-0.2, 0) is 0 Å². The molecule has 17 heavy (non-hydrogen) atoms. The maximum atomic E-state index is 9.38. The summed E-state index contributed by atoms with van der Waals surface area (Å²) < 4.78 is 0. The molecule has 2 nitrogen and oxygen atoms in total. The van der Waals surface area contributed by atoms with Crippen LogP contribution in [0.2, 0.25) is 5.02 Å². The summed E-state index contributed by atoms with van der Waals surface area (Å²) in [7, 11) is 0. The fraction of sp³-hybridized carbons (Fsp3) is 0.571. The molecule has 0 amide bonds. The van der Waals surface area contributed by atoms with E-state index in [0.29, 0.717) is 17.0 Å². The summed E-state index contributed by atoms with van der Waals surface area (Å²) in [5.41, 5.74) is 0.999. The van der Waals surface area contributed by atoms with Crippen LogP contribution in [0.1, 0.15) is 33.1 Å². The zero-order valence-electron chi connectivity index (χ0n) is 10.4. The molecular weight excluding hydrogens is 234 g/mol. The second-order valence-electron chi connectivity index (χ2n) is 5.31. The van der Waals surface area contributed by atoms with Gasteiger partial charge >= 0.3 is 0 Å². The number of benzene rings is 1. The predicted octanol–water partition coefficient (Wildman–Crippen LogP) is 4.28. The van der Waals surface area contributed by atoms with Crippen molar-refractivity contribution in [1.29, 1.82) is 0 Å². The smallest absolute Gasteiger partial charge is 0.134 e. The number of phenolic OH excluding ortho intramolecular Hbond substituents is 1. The van der Waals surface area contributed by atoms with E-state index in [1.807, 2.05) is 6.07 Å². The third-order valence-electron chi connectivity index (χ3n) is 3.73. The normalized spacial score (nSPS) is 29.0. The van der Waals surface area contributed by atoms with Crippen molar-refractivity contribution in [2.45, 2.75) is 39.2 Å². The van der Waals surface area contributed by atoms with Crippen molar-refractivity contribution in [3.05, 3.63) is 23.2 Å². The minimum Gasteiger partial charge on any atom is -0.506 e. The highest BCUT2D eigenvalue weighted by Gasteiger charge is 2.25. The Morgan fingerprint density at radius 3 is 2.71 bits per heavy atom. The molecule has 2 rings (SSSR count). The quantitative estimate of drug-likeness (QED) is 0.771. The van der Waals surface area contributed by atoms with E-state index >= 15 is 0 Å². The molecule has 94 valence electrons. The van der Waals surface area contributed by atoms with Crippen molar-refractivity contribution < 1.29 is 5.11 Å². The molecule has 3 atom stereocenters. The lowest BCUT2D eigenvalue weighted by molar-refractivity contribution is 0.276. The Hall–Kier alpha value is -0.890. The lowest BCUT2D eigenvalue weighted by Gasteiger charge is -2.33. The molecule has 1 aromatic rings. The summed E-state index contributed by atoms with van der Waals surface area (Å²) >= 11 is 5.90. The molecule has 1 aromatic carbocycles. The van der Waals surface area contributed by atoms with E-state index in [1.54, 1.807) is 12.1 Å². The predicted molar refractivity (Wildman–Crippen MR) is 72.7 cm³/mol. The number of hydrogen-bond acceptors (Lipinski definition) is 2. The molecule has 1 aliphatic rings. The second-order valence-corrected chi connectivity index (χ2v) is 5.72. The van der Waals surface area contributed by atoms with Crippen LogP contribution < -0.4 is 5.32 Å². The van der Waals surface area contributed by atoms with Crippen molar-refractivity contribution in [1.82, 2.24) is 0 Å². The minimum atomic E-state index is 0.141. The van der Waals surface area contributed by atoms with Gasteiger partial charge in [-0.25, -0.2) is 0 Å². The molecule has 3 heteroatoms. The van der Waals surface area contributed by atoms with Crippen LogP contribution in [0, 0.1) is 11.8 Å². The van der Waals surface area contributed by atoms with Gasteiger partial charge in [-0.2, -0.15) is 0 Å². The summed E-state index contributed by atoms with van der Waals surface area (Å²) in [6.45, 7) is 4.62. The molecule has 1 aliphatic carbocycles. The van der Waals surface area contributed by atoms with Crippen molar-refractivity contribution in [3.63, 3.8) is 0 Å². The Kier molecular flexibility index (Phi) is 3.82. The van der Waals surface area contributed by atoms with Gasteiger partial charge in [-0.1, -0.05) is 25.4 Å². The summed E-state index contributed by atoms with van der Waals surface area (Å²) in [5, 5.41) is 13.3. The number of anilines is 1. The monoisotopic (exact) mass is 253 g/mol. The standard InChI is InChI=1S/C14H20ClNO/c1-9-3-5-13(10(2)7-9)16-11-4-6-14(17)12(15)8-11/h4,6,8-10,13,16-17H,3,5,7H2,1-2H3. The molecule has 1 saturated carbocycles. The zero-order chi connectivity index (χ0) is 12.4. The van der Waals surface area contributed by atoms with Crippen molar-refractivity contribution in [3.8, 4) is 5.75 Å². The summed E-state index contributed by atoms with van der Waals surface area (Å²) in [5.74, 6) is 1.67. The van der Waals surface area contributed by atoms with Gasteiger partial charge in [0, 0.05) is 11.7 Å². The van der Waals surface area contributed by atoms with Gasteiger partial charge in [0.1, 0.15) is 5.75 Å². The molecule has 0 aromatic heterocycles. The van der Waals surface area contributed by atoms with Crippen LogP contribution in [0.3, 0.4) is 0 Å². The van der Waals surface area contributed by atoms with Gasteiger partial charge in [-0.3, -0.25) is 0 Å². The molecular formula is C14H20ClNO. The molecule has 0 saturated heterocycles. The van der Waals surface area contributed by atoms with Gasteiger partial charge in [0.15, 0.2) is 0 Å². The average Bonchev–Trinajstić information content (AvgIpc) is 2.27. The molecule has 3 unspecified atom stereocenters. The maximum Gasteiger partial charge on any atom is 0.134 e. The van der Waals surface area contributed by atoms with Gasteiger partial charge < -0.3 is 10.4 Å². The SMILES string of the molecule is CC1CCC(Nc2ccc(O)c(Cl)c2)C(C)C1. The first-order valence-corrected chi connectivity index (χ1v) is 6.69. The Bertz CT molecular complexity index is 394. The lowest BCUT2D eigenvalue weighted by Crippen LogP contribution is -2.32. The molecule has 0 heterocycles. The van der Waals surface area contributed by atoms with Gasteiger partial charge in [0.05, 0.1) is 5.02 Å². The Labute approximate surface area is 108 Å². The van der Waals surface area contributed by atoms with Gasteiger partial charge in [0.25, 0.3) is 0 Å². The summed E-state index contributed by atoms with van der Waals surface area (Å²) in [4.78, 5) is 0. The highest BCUT2D eigenvalue weighted by molar-refractivity contribution is 6.32. The Morgan fingerprint density at radius 1 is 1.29 bits per heavy atom. The number of hydrogen-bond donors (Lipinski definition) is 2. The summed E-state index contributed by atoms with van der Waals surface area (Å²) in [6.07, 6.45) is 3.78. The van der Waals surface area contributed by atoms with Crippen molar-refractivity contribution in [2.24, 2.45) is 11.8 Å². The lowest BCUT2D eigenvalue weighted by atomic mass is 9.80. The van der Waals surface area contributed by atoms with Gasteiger partial charge in [0.2, 0.25) is 0 Å². The van der Waals surface area contributed by atoms with E-state index < -0.39 is 0 Å². The molecule has 2 N–H and O–H groups in total. The highest BCUT2D eigenvalue weighted by Crippen LogP contribution is 2.32. The number of halogens is 1. The van der Waals surface area contributed by atoms with E-state index in [0.717, 1.165) is 11.6 Å². The number of phenols is 1. The number of nitrogens with one attached hydrogen (secondary N) is 1. The zero-order valence-corrected chi connectivity index (χ0v) is 11.2. The molecule has 0 aliphatic heterocycles. The minimum absolute atomic E-state index is 0.141. The Morgan fingerprint density at radius 2 is 2.06 bits per heavy atom. The van der Waals surface area contributed by atoms with E-state index in [9.17, 15) is 5.11 Å².